The molecule has 4 nitrogen and oxygen atoms in total. The minimum absolute atomic E-state index is 0.0127. The maximum atomic E-state index is 11.5. The summed E-state index contributed by atoms with van der Waals surface area (Å²) >= 11 is 0. The Morgan fingerprint density at radius 1 is 0.955 bits per heavy atom. The van der Waals surface area contributed by atoms with Gasteiger partial charge in [0, 0.05) is 12.5 Å². The molecule has 1 spiro atoms. The zero-order valence-corrected chi connectivity index (χ0v) is 13.3. The maximum Gasteiger partial charge on any atom is 0.178 e. The summed E-state index contributed by atoms with van der Waals surface area (Å²) in [4.78, 5) is 11.5. The Morgan fingerprint density at radius 2 is 1.50 bits per heavy atom. The van der Waals surface area contributed by atoms with Gasteiger partial charge in [0.15, 0.2) is 17.3 Å². The Hall–Kier alpha value is -2.07. The Bertz CT molecular complexity index is 671. The molecule has 0 aromatic heterocycles. The molecule has 3 rings (SSSR count). The van der Waals surface area contributed by atoms with Crippen molar-refractivity contribution < 1.29 is 19.0 Å². The van der Waals surface area contributed by atoms with Crippen LogP contribution in [0.2, 0.25) is 0 Å². The Morgan fingerprint density at radius 3 is 2.00 bits per heavy atom. The van der Waals surface area contributed by atoms with Crippen LogP contribution in [-0.2, 0) is 20.5 Å². The van der Waals surface area contributed by atoms with Gasteiger partial charge in [-0.1, -0.05) is 12.2 Å². The SMILES string of the molecule is COc1cc2c(cc1OC)C(C)(OC)CC21C=CC(=O)C=C1. The van der Waals surface area contributed by atoms with E-state index in [9.17, 15) is 4.79 Å². The number of fused-ring (bicyclic) bond motifs is 2. The van der Waals surface area contributed by atoms with Crippen molar-refractivity contribution in [1.82, 2.24) is 0 Å². The summed E-state index contributed by atoms with van der Waals surface area (Å²) in [5, 5.41) is 0. The van der Waals surface area contributed by atoms with Gasteiger partial charge in [-0.3, -0.25) is 4.79 Å². The summed E-state index contributed by atoms with van der Waals surface area (Å²) in [5.41, 5.74) is 1.38. The van der Waals surface area contributed by atoms with E-state index in [0.717, 1.165) is 17.5 Å². The Labute approximate surface area is 130 Å². The number of ketones is 1. The number of hydrogen-bond acceptors (Lipinski definition) is 4. The van der Waals surface area contributed by atoms with Crippen molar-refractivity contribution in [2.75, 3.05) is 21.3 Å². The molecular weight excluding hydrogens is 280 g/mol. The second-order valence-corrected chi connectivity index (χ2v) is 5.97. The van der Waals surface area contributed by atoms with Crippen molar-refractivity contribution in [3.8, 4) is 11.5 Å². The normalized spacial score (nSPS) is 24.6. The van der Waals surface area contributed by atoms with Crippen LogP contribution in [0.25, 0.3) is 0 Å². The predicted octanol–water partition coefficient (Wildman–Crippen LogP) is 2.90. The van der Waals surface area contributed by atoms with Crippen LogP contribution in [0.15, 0.2) is 36.4 Å². The van der Waals surface area contributed by atoms with Crippen molar-refractivity contribution in [3.63, 3.8) is 0 Å². The first-order valence-corrected chi connectivity index (χ1v) is 7.22. The molecule has 2 aliphatic rings. The molecule has 0 N–H and O–H groups in total. The van der Waals surface area contributed by atoms with Gasteiger partial charge in [0.2, 0.25) is 0 Å². The summed E-state index contributed by atoms with van der Waals surface area (Å²) in [6.07, 6.45) is 7.92. The van der Waals surface area contributed by atoms with Gasteiger partial charge in [0.25, 0.3) is 0 Å². The summed E-state index contributed by atoms with van der Waals surface area (Å²) in [7, 11) is 4.95. The van der Waals surface area contributed by atoms with Crippen molar-refractivity contribution >= 4 is 5.78 Å². The van der Waals surface area contributed by atoms with Crippen LogP contribution in [-0.4, -0.2) is 27.1 Å². The monoisotopic (exact) mass is 300 g/mol. The quantitative estimate of drug-likeness (QED) is 0.861. The van der Waals surface area contributed by atoms with Crippen molar-refractivity contribution in [1.29, 1.82) is 0 Å². The maximum absolute atomic E-state index is 11.5. The molecule has 2 aliphatic carbocycles. The fraction of sp³-hybridized carbons (Fsp3) is 0.389. The van der Waals surface area contributed by atoms with E-state index in [0.29, 0.717) is 11.5 Å². The standard InChI is InChI=1S/C18H20O4/c1-17(22-4)11-18(7-5-12(19)6-8-18)14-10-16(21-3)15(20-2)9-13(14)17/h5-10H,11H2,1-4H3. The molecule has 22 heavy (non-hydrogen) atoms. The summed E-state index contributed by atoms with van der Waals surface area (Å²) in [5.74, 6) is 1.37. The Kier molecular flexibility index (Phi) is 3.37. The highest BCUT2D eigenvalue weighted by Gasteiger charge is 2.49. The number of carbonyl (C=O) groups excluding carboxylic acids is 1. The molecule has 0 aliphatic heterocycles. The zero-order chi connectivity index (χ0) is 16.0. The van der Waals surface area contributed by atoms with Crippen LogP contribution < -0.4 is 9.47 Å². The number of methoxy groups -OCH3 is 3. The van der Waals surface area contributed by atoms with E-state index in [1.54, 1.807) is 33.5 Å². The molecule has 1 atom stereocenters. The molecule has 1 aromatic carbocycles. The van der Waals surface area contributed by atoms with E-state index in [4.69, 9.17) is 14.2 Å². The highest BCUT2D eigenvalue weighted by atomic mass is 16.5. The summed E-state index contributed by atoms with van der Waals surface area (Å²) in [6, 6.07) is 3.97. The van der Waals surface area contributed by atoms with E-state index in [-0.39, 0.29) is 11.2 Å². The number of allylic oxidation sites excluding steroid dienone is 4. The molecule has 0 saturated heterocycles. The predicted molar refractivity (Wildman–Crippen MR) is 83.5 cm³/mol. The fourth-order valence-corrected chi connectivity index (χ4v) is 3.50. The fourth-order valence-electron chi connectivity index (χ4n) is 3.50. The topological polar surface area (TPSA) is 44.8 Å². The van der Waals surface area contributed by atoms with Crippen molar-refractivity contribution in [2.24, 2.45) is 0 Å². The van der Waals surface area contributed by atoms with E-state index >= 15 is 0 Å². The lowest BCUT2D eigenvalue weighted by molar-refractivity contribution is -0.110. The summed E-state index contributed by atoms with van der Waals surface area (Å²) in [6.45, 7) is 2.06. The third-order valence-electron chi connectivity index (χ3n) is 4.77. The van der Waals surface area contributed by atoms with Gasteiger partial charge in [-0.2, -0.15) is 0 Å². The largest absolute Gasteiger partial charge is 0.493 e. The van der Waals surface area contributed by atoms with Crippen molar-refractivity contribution in [2.45, 2.75) is 24.4 Å². The number of ether oxygens (including phenoxy) is 3. The van der Waals surface area contributed by atoms with Crippen LogP contribution in [0.5, 0.6) is 11.5 Å². The highest BCUT2D eigenvalue weighted by molar-refractivity contribution is 6.01. The van der Waals surface area contributed by atoms with Crippen LogP contribution in [0.4, 0.5) is 0 Å². The second-order valence-electron chi connectivity index (χ2n) is 5.97. The first-order chi connectivity index (χ1) is 10.5. The van der Waals surface area contributed by atoms with E-state index < -0.39 is 5.60 Å². The van der Waals surface area contributed by atoms with Gasteiger partial charge in [0.05, 0.1) is 19.8 Å². The molecule has 1 unspecified atom stereocenters. The molecule has 0 amide bonds. The highest BCUT2D eigenvalue weighted by Crippen LogP contribution is 2.54. The Balaban J connectivity index is 2.24. The first-order valence-electron chi connectivity index (χ1n) is 7.22. The minimum atomic E-state index is -0.441. The van der Waals surface area contributed by atoms with Crippen LogP contribution >= 0.6 is 0 Å². The third kappa shape index (κ3) is 1.98. The second kappa shape index (κ2) is 4.99. The van der Waals surface area contributed by atoms with E-state index in [2.05, 4.69) is 6.92 Å². The first kappa shape index (κ1) is 14.9. The smallest absolute Gasteiger partial charge is 0.178 e. The zero-order valence-electron chi connectivity index (χ0n) is 13.3. The van der Waals surface area contributed by atoms with Crippen LogP contribution in [0.3, 0.4) is 0 Å². The molecule has 0 bridgehead atoms. The lowest BCUT2D eigenvalue weighted by Crippen LogP contribution is -2.26. The van der Waals surface area contributed by atoms with E-state index in [1.807, 2.05) is 24.3 Å². The summed E-state index contributed by atoms with van der Waals surface area (Å²) < 4.78 is 16.7. The molecule has 0 radical (unpaired) electrons. The van der Waals surface area contributed by atoms with Gasteiger partial charge in [-0.25, -0.2) is 0 Å². The average molecular weight is 300 g/mol. The molecule has 116 valence electrons. The minimum Gasteiger partial charge on any atom is -0.493 e. The van der Waals surface area contributed by atoms with Gasteiger partial charge < -0.3 is 14.2 Å². The molecule has 0 heterocycles. The van der Waals surface area contributed by atoms with Gasteiger partial charge >= 0.3 is 0 Å². The number of hydrogen-bond donors (Lipinski definition) is 0. The lowest BCUT2D eigenvalue weighted by Gasteiger charge is -2.28. The molecule has 0 fully saturated rings. The number of carbonyl (C=O) groups is 1. The lowest BCUT2D eigenvalue weighted by atomic mass is 9.78. The molecule has 4 heteroatoms. The van der Waals surface area contributed by atoms with Crippen LogP contribution in [0.1, 0.15) is 24.5 Å². The van der Waals surface area contributed by atoms with E-state index in [1.165, 1.54) is 0 Å². The number of rotatable bonds is 3. The van der Waals surface area contributed by atoms with Crippen LogP contribution in [0, 0.1) is 0 Å². The van der Waals surface area contributed by atoms with Gasteiger partial charge in [-0.05, 0) is 48.8 Å². The molecular formula is C18H20O4. The van der Waals surface area contributed by atoms with Gasteiger partial charge in [0.1, 0.15) is 0 Å². The third-order valence-corrected chi connectivity index (χ3v) is 4.77. The molecule has 0 saturated carbocycles. The van der Waals surface area contributed by atoms with Crippen molar-refractivity contribution in [3.05, 3.63) is 47.6 Å². The molecule has 1 aromatic rings. The van der Waals surface area contributed by atoms with Gasteiger partial charge in [-0.15, -0.1) is 0 Å². The number of benzene rings is 1. The average Bonchev–Trinajstić information content (AvgIpc) is 2.78.